The van der Waals surface area contributed by atoms with E-state index in [1.54, 1.807) is 17.5 Å². The molecule has 0 aliphatic heterocycles. The van der Waals surface area contributed by atoms with Crippen molar-refractivity contribution in [3.8, 4) is 10.7 Å². The number of thiazole rings is 1. The number of hydrogen-bond acceptors (Lipinski definition) is 5. The monoisotopic (exact) mass is 304 g/mol. The highest BCUT2D eigenvalue weighted by Crippen LogP contribution is 2.29. The summed E-state index contributed by atoms with van der Waals surface area (Å²) in [6, 6.07) is 5.99. The minimum absolute atomic E-state index is 0.472. The first kappa shape index (κ1) is 13.3. The van der Waals surface area contributed by atoms with Crippen LogP contribution >= 0.6 is 22.9 Å². The van der Waals surface area contributed by atoms with Crippen molar-refractivity contribution in [3.05, 3.63) is 34.6 Å². The van der Waals surface area contributed by atoms with E-state index in [9.17, 15) is 0 Å². The predicted octanol–water partition coefficient (Wildman–Crippen LogP) is 3.78. The summed E-state index contributed by atoms with van der Waals surface area (Å²) in [5, 5.41) is 2.32. The van der Waals surface area contributed by atoms with E-state index in [0.717, 1.165) is 26.5 Å². The molecule has 0 saturated heterocycles. The molecule has 0 aliphatic carbocycles. The van der Waals surface area contributed by atoms with Crippen LogP contribution in [0.1, 0.15) is 5.01 Å². The summed E-state index contributed by atoms with van der Waals surface area (Å²) < 4.78 is 0. The highest BCUT2D eigenvalue weighted by molar-refractivity contribution is 7.14. The second-order valence-electron chi connectivity index (χ2n) is 4.68. The van der Waals surface area contributed by atoms with E-state index >= 15 is 0 Å². The molecular weight excluding hydrogens is 292 g/mol. The van der Waals surface area contributed by atoms with Gasteiger partial charge in [-0.15, -0.1) is 11.3 Å². The summed E-state index contributed by atoms with van der Waals surface area (Å²) in [5.41, 5.74) is 1.92. The second kappa shape index (κ2) is 5.00. The van der Waals surface area contributed by atoms with Crippen molar-refractivity contribution < 1.29 is 0 Å². The van der Waals surface area contributed by atoms with Gasteiger partial charge in [0, 0.05) is 31.4 Å². The summed E-state index contributed by atoms with van der Waals surface area (Å²) in [7, 11) is 3.98. The van der Waals surface area contributed by atoms with Crippen molar-refractivity contribution in [2.75, 3.05) is 19.0 Å². The molecule has 0 spiro atoms. The van der Waals surface area contributed by atoms with Gasteiger partial charge in [0.25, 0.3) is 0 Å². The fourth-order valence-corrected chi connectivity index (χ4v) is 2.88. The quantitative estimate of drug-likeness (QED) is 0.676. The van der Waals surface area contributed by atoms with Crippen LogP contribution in [-0.2, 0) is 0 Å². The van der Waals surface area contributed by atoms with Crippen molar-refractivity contribution in [1.82, 2.24) is 15.0 Å². The smallest absolute Gasteiger partial charge is 0.173 e. The van der Waals surface area contributed by atoms with Gasteiger partial charge in [0.2, 0.25) is 0 Å². The van der Waals surface area contributed by atoms with Gasteiger partial charge in [0.15, 0.2) is 5.82 Å². The highest BCUT2D eigenvalue weighted by atomic mass is 35.5. The topological polar surface area (TPSA) is 41.9 Å². The molecule has 0 radical (unpaired) electrons. The number of rotatable bonds is 2. The Labute approximate surface area is 126 Å². The standard InChI is InChI=1S/C14H13ClN4S/c1-8-16-7-12(20-8)14-17-11-5-4-9(19(2)3)6-10(11)13(15)18-14/h4-7H,1-3H3. The van der Waals surface area contributed by atoms with E-state index in [1.807, 2.05) is 44.1 Å². The van der Waals surface area contributed by atoms with Gasteiger partial charge in [-0.25, -0.2) is 15.0 Å². The SMILES string of the molecule is Cc1ncc(-c2nc(Cl)c3cc(N(C)C)ccc3n2)s1. The lowest BCUT2D eigenvalue weighted by Crippen LogP contribution is -2.08. The van der Waals surface area contributed by atoms with E-state index in [1.165, 1.54) is 0 Å². The van der Waals surface area contributed by atoms with Crippen molar-refractivity contribution >= 4 is 39.5 Å². The van der Waals surface area contributed by atoms with Gasteiger partial charge in [-0.2, -0.15) is 0 Å². The van der Waals surface area contributed by atoms with Crippen LogP contribution in [0.5, 0.6) is 0 Å². The molecule has 3 rings (SSSR count). The van der Waals surface area contributed by atoms with Gasteiger partial charge in [-0.05, 0) is 25.1 Å². The van der Waals surface area contributed by atoms with Gasteiger partial charge in [-0.3, -0.25) is 0 Å². The lowest BCUT2D eigenvalue weighted by atomic mass is 10.2. The third kappa shape index (κ3) is 2.34. The Balaban J connectivity index is 2.17. The Morgan fingerprint density at radius 1 is 1.20 bits per heavy atom. The molecule has 6 heteroatoms. The van der Waals surface area contributed by atoms with Crippen molar-refractivity contribution in [2.24, 2.45) is 0 Å². The summed E-state index contributed by atoms with van der Waals surface area (Å²) in [5.74, 6) is 0.630. The Bertz CT molecular complexity index is 782. The molecule has 20 heavy (non-hydrogen) atoms. The molecule has 102 valence electrons. The fraction of sp³-hybridized carbons (Fsp3) is 0.214. The molecule has 2 aromatic heterocycles. The summed E-state index contributed by atoms with van der Waals surface area (Å²) in [6.45, 7) is 1.96. The highest BCUT2D eigenvalue weighted by Gasteiger charge is 2.11. The number of aromatic nitrogens is 3. The minimum atomic E-state index is 0.472. The molecule has 0 bridgehead atoms. The zero-order valence-corrected chi connectivity index (χ0v) is 13.0. The first-order valence-electron chi connectivity index (χ1n) is 6.12. The molecule has 0 N–H and O–H groups in total. The predicted molar refractivity (Wildman–Crippen MR) is 84.7 cm³/mol. The van der Waals surface area contributed by atoms with E-state index < -0.39 is 0 Å². The molecule has 3 aromatic rings. The Morgan fingerprint density at radius 2 is 2.00 bits per heavy atom. The summed E-state index contributed by atoms with van der Waals surface area (Å²) in [6.07, 6.45) is 1.78. The van der Waals surface area contributed by atoms with Gasteiger partial charge in [0.1, 0.15) is 5.15 Å². The zero-order valence-electron chi connectivity index (χ0n) is 11.4. The van der Waals surface area contributed by atoms with Crippen LogP contribution in [-0.4, -0.2) is 29.0 Å². The lowest BCUT2D eigenvalue weighted by Gasteiger charge is -2.13. The first-order valence-corrected chi connectivity index (χ1v) is 7.31. The lowest BCUT2D eigenvalue weighted by molar-refractivity contribution is 1.13. The van der Waals surface area contributed by atoms with Crippen LogP contribution in [0, 0.1) is 6.92 Å². The van der Waals surface area contributed by atoms with Gasteiger partial charge in [-0.1, -0.05) is 11.6 Å². The molecule has 0 unspecified atom stereocenters. The average molecular weight is 305 g/mol. The first-order chi connectivity index (χ1) is 9.54. The minimum Gasteiger partial charge on any atom is -0.378 e. The maximum atomic E-state index is 6.31. The molecule has 0 fully saturated rings. The van der Waals surface area contributed by atoms with E-state index in [-0.39, 0.29) is 0 Å². The van der Waals surface area contributed by atoms with Crippen LogP contribution in [0.25, 0.3) is 21.6 Å². The summed E-state index contributed by atoms with van der Waals surface area (Å²) >= 11 is 7.87. The van der Waals surface area contributed by atoms with Crippen LogP contribution in [0.15, 0.2) is 24.4 Å². The number of anilines is 1. The number of halogens is 1. The number of nitrogens with zero attached hydrogens (tertiary/aromatic N) is 4. The van der Waals surface area contributed by atoms with Crippen LogP contribution in [0.3, 0.4) is 0 Å². The number of benzene rings is 1. The largest absolute Gasteiger partial charge is 0.378 e. The maximum absolute atomic E-state index is 6.31. The second-order valence-corrected chi connectivity index (χ2v) is 6.27. The average Bonchev–Trinajstić information content (AvgIpc) is 2.85. The van der Waals surface area contributed by atoms with Crippen LogP contribution < -0.4 is 4.90 Å². The normalized spacial score (nSPS) is 11.0. The van der Waals surface area contributed by atoms with Crippen molar-refractivity contribution in [2.45, 2.75) is 6.92 Å². The summed E-state index contributed by atoms with van der Waals surface area (Å²) in [4.78, 5) is 16.2. The van der Waals surface area contributed by atoms with Crippen LogP contribution in [0.4, 0.5) is 5.69 Å². The van der Waals surface area contributed by atoms with Gasteiger partial charge >= 0.3 is 0 Å². The molecule has 0 atom stereocenters. The molecule has 2 heterocycles. The number of hydrogen-bond donors (Lipinski definition) is 0. The maximum Gasteiger partial charge on any atom is 0.173 e. The molecule has 4 nitrogen and oxygen atoms in total. The van der Waals surface area contributed by atoms with E-state index in [4.69, 9.17) is 11.6 Å². The van der Waals surface area contributed by atoms with Crippen molar-refractivity contribution in [1.29, 1.82) is 0 Å². The van der Waals surface area contributed by atoms with Gasteiger partial charge in [0.05, 0.1) is 15.4 Å². The molecule has 0 amide bonds. The fourth-order valence-electron chi connectivity index (χ4n) is 1.93. The Kier molecular flexibility index (Phi) is 3.31. The van der Waals surface area contributed by atoms with E-state index in [0.29, 0.717) is 11.0 Å². The van der Waals surface area contributed by atoms with Crippen molar-refractivity contribution in [3.63, 3.8) is 0 Å². The zero-order chi connectivity index (χ0) is 14.3. The van der Waals surface area contributed by atoms with Gasteiger partial charge < -0.3 is 4.90 Å². The Hall–Kier alpha value is -1.72. The van der Waals surface area contributed by atoms with E-state index in [2.05, 4.69) is 15.0 Å². The van der Waals surface area contributed by atoms with Crippen LogP contribution in [0.2, 0.25) is 5.15 Å². The molecular formula is C14H13ClN4S. The molecule has 0 saturated carbocycles. The molecule has 1 aromatic carbocycles. The third-order valence-corrected chi connectivity index (χ3v) is 4.19. The molecule has 0 aliphatic rings. The number of aryl methyl sites for hydroxylation is 1. The number of fused-ring (bicyclic) bond motifs is 1. The third-order valence-electron chi connectivity index (χ3n) is 2.99. The Morgan fingerprint density at radius 3 is 2.65 bits per heavy atom.